The summed E-state index contributed by atoms with van der Waals surface area (Å²) in [6.07, 6.45) is 0.518. The number of sulfonamides is 1. The molecular formula is C12H16Cl3NO2S. The van der Waals surface area contributed by atoms with Crippen LogP contribution in [0.1, 0.15) is 12.5 Å². The molecule has 1 rings (SSSR count). The summed E-state index contributed by atoms with van der Waals surface area (Å²) in [6.45, 7) is 2.10. The molecule has 0 aliphatic heterocycles. The molecule has 0 saturated heterocycles. The number of alkyl halides is 1. The van der Waals surface area contributed by atoms with Crippen molar-refractivity contribution in [2.24, 2.45) is 5.92 Å². The molecule has 0 amide bonds. The van der Waals surface area contributed by atoms with Gasteiger partial charge in [0.15, 0.2) is 0 Å². The van der Waals surface area contributed by atoms with Crippen LogP contribution in [0.2, 0.25) is 10.0 Å². The molecule has 19 heavy (non-hydrogen) atoms. The molecule has 0 aliphatic carbocycles. The van der Waals surface area contributed by atoms with Crippen LogP contribution >= 0.6 is 34.8 Å². The zero-order valence-electron chi connectivity index (χ0n) is 10.5. The van der Waals surface area contributed by atoms with Crippen molar-refractivity contribution in [3.05, 3.63) is 33.8 Å². The van der Waals surface area contributed by atoms with E-state index in [4.69, 9.17) is 34.8 Å². The number of benzene rings is 1. The van der Waals surface area contributed by atoms with Crippen LogP contribution in [0, 0.1) is 5.92 Å². The van der Waals surface area contributed by atoms with Gasteiger partial charge in [-0.3, -0.25) is 0 Å². The SMILES string of the molecule is CC(CCl)CS(=O)(=O)NCCc1ccc(Cl)cc1Cl. The van der Waals surface area contributed by atoms with E-state index in [2.05, 4.69) is 4.72 Å². The van der Waals surface area contributed by atoms with Gasteiger partial charge in [0, 0.05) is 22.5 Å². The lowest BCUT2D eigenvalue weighted by atomic mass is 10.1. The van der Waals surface area contributed by atoms with Crippen LogP contribution in [0.4, 0.5) is 0 Å². The normalized spacial score (nSPS) is 13.5. The van der Waals surface area contributed by atoms with Crippen LogP contribution in [0.5, 0.6) is 0 Å². The van der Waals surface area contributed by atoms with Crippen molar-refractivity contribution in [1.29, 1.82) is 0 Å². The number of halogens is 3. The number of rotatable bonds is 7. The summed E-state index contributed by atoms with van der Waals surface area (Å²) >= 11 is 17.4. The van der Waals surface area contributed by atoms with Crippen molar-refractivity contribution in [3.8, 4) is 0 Å². The molecule has 0 aromatic heterocycles. The fourth-order valence-corrected chi connectivity index (χ4v) is 3.68. The van der Waals surface area contributed by atoms with E-state index in [9.17, 15) is 8.42 Å². The Morgan fingerprint density at radius 1 is 1.32 bits per heavy atom. The highest BCUT2D eigenvalue weighted by Gasteiger charge is 2.14. The maximum atomic E-state index is 11.7. The van der Waals surface area contributed by atoms with Gasteiger partial charge in [-0.1, -0.05) is 36.2 Å². The molecule has 0 heterocycles. The molecular weight excluding hydrogens is 329 g/mol. The summed E-state index contributed by atoms with van der Waals surface area (Å²) in [5.41, 5.74) is 0.860. The minimum atomic E-state index is -3.29. The van der Waals surface area contributed by atoms with Crippen molar-refractivity contribution in [2.75, 3.05) is 18.2 Å². The van der Waals surface area contributed by atoms with E-state index >= 15 is 0 Å². The van der Waals surface area contributed by atoms with Crippen LogP contribution in [-0.2, 0) is 16.4 Å². The van der Waals surface area contributed by atoms with Crippen molar-refractivity contribution in [1.82, 2.24) is 4.72 Å². The van der Waals surface area contributed by atoms with Gasteiger partial charge < -0.3 is 0 Å². The minimum absolute atomic E-state index is 0.0326. The molecule has 1 aromatic rings. The lowest BCUT2D eigenvalue weighted by molar-refractivity contribution is 0.569. The third kappa shape index (κ3) is 6.32. The highest BCUT2D eigenvalue weighted by Crippen LogP contribution is 2.21. The summed E-state index contributed by atoms with van der Waals surface area (Å²) in [4.78, 5) is 0. The lowest BCUT2D eigenvalue weighted by Gasteiger charge is -2.10. The Morgan fingerprint density at radius 3 is 2.58 bits per heavy atom. The van der Waals surface area contributed by atoms with Crippen LogP contribution in [0.25, 0.3) is 0 Å². The second kappa shape index (κ2) is 7.70. The first-order valence-corrected chi connectivity index (χ1v) is 8.75. The minimum Gasteiger partial charge on any atom is -0.215 e. The Hall–Kier alpha value is -0.000000000000000222. The smallest absolute Gasteiger partial charge is 0.211 e. The van der Waals surface area contributed by atoms with Gasteiger partial charge in [0.1, 0.15) is 0 Å². The van der Waals surface area contributed by atoms with E-state index in [1.165, 1.54) is 0 Å². The summed E-state index contributed by atoms with van der Waals surface area (Å²) in [6, 6.07) is 5.16. The Bertz CT molecular complexity index is 520. The molecule has 0 saturated carbocycles. The largest absolute Gasteiger partial charge is 0.215 e. The van der Waals surface area contributed by atoms with Crippen molar-refractivity contribution < 1.29 is 8.42 Å². The first-order chi connectivity index (χ1) is 8.84. The van der Waals surface area contributed by atoms with E-state index in [-0.39, 0.29) is 11.7 Å². The standard InChI is InChI=1S/C12H16Cl3NO2S/c1-9(7-13)8-19(17,18)16-5-4-10-2-3-11(14)6-12(10)15/h2-3,6,9,16H,4-5,7-8H2,1H3. The molecule has 1 N–H and O–H groups in total. The molecule has 0 fully saturated rings. The summed E-state index contributed by atoms with van der Waals surface area (Å²) in [5.74, 6) is 0.285. The molecule has 0 spiro atoms. The van der Waals surface area contributed by atoms with Crippen molar-refractivity contribution in [3.63, 3.8) is 0 Å². The lowest BCUT2D eigenvalue weighted by Crippen LogP contribution is -2.31. The summed E-state index contributed by atoms with van der Waals surface area (Å²) in [7, 11) is -3.29. The molecule has 0 radical (unpaired) electrons. The first kappa shape index (κ1) is 17.1. The predicted octanol–water partition coefficient (Wildman–Crippen LogP) is 3.33. The number of hydrogen-bond acceptors (Lipinski definition) is 2. The van der Waals surface area contributed by atoms with Gasteiger partial charge in [0.05, 0.1) is 5.75 Å². The molecule has 1 unspecified atom stereocenters. The molecule has 0 bridgehead atoms. The Balaban J connectivity index is 2.50. The fourth-order valence-electron chi connectivity index (χ4n) is 1.54. The summed E-state index contributed by atoms with van der Waals surface area (Å²) < 4.78 is 25.9. The van der Waals surface area contributed by atoms with E-state index < -0.39 is 10.0 Å². The van der Waals surface area contributed by atoms with Gasteiger partial charge in [-0.05, 0) is 30.0 Å². The topological polar surface area (TPSA) is 46.2 Å². The number of hydrogen-bond donors (Lipinski definition) is 1. The monoisotopic (exact) mass is 343 g/mol. The predicted molar refractivity (Wildman–Crippen MR) is 81.8 cm³/mol. The highest BCUT2D eigenvalue weighted by molar-refractivity contribution is 7.89. The van der Waals surface area contributed by atoms with Crippen molar-refractivity contribution >= 4 is 44.8 Å². The van der Waals surface area contributed by atoms with E-state index in [0.29, 0.717) is 28.9 Å². The first-order valence-electron chi connectivity index (χ1n) is 5.81. The molecule has 7 heteroatoms. The fraction of sp³-hybridized carbons (Fsp3) is 0.500. The van der Waals surface area contributed by atoms with E-state index in [1.807, 2.05) is 0 Å². The van der Waals surface area contributed by atoms with Gasteiger partial charge >= 0.3 is 0 Å². The average molecular weight is 345 g/mol. The molecule has 3 nitrogen and oxygen atoms in total. The third-order valence-electron chi connectivity index (χ3n) is 2.50. The Labute approximate surface area is 129 Å². The van der Waals surface area contributed by atoms with Gasteiger partial charge in [0.2, 0.25) is 10.0 Å². The van der Waals surface area contributed by atoms with Gasteiger partial charge in [-0.25, -0.2) is 13.1 Å². The highest BCUT2D eigenvalue weighted by atomic mass is 35.5. The zero-order chi connectivity index (χ0) is 14.5. The van der Waals surface area contributed by atoms with Crippen LogP contribution in [-0.4, -0.2) is 26.6 Å². The summed E-state index contributed by atoms with van der Waals surface area (Å²) in [5, 5.41) is 1.10. The van der Waals surface area contributed by atoms with Crippen LogP contribution in [0.3, 0.4) is 0 Å². The number of nitrogens with one attached hydrogen (secondary N) is 1. The molecule has 1 aromatic carbocycles. The van der Waals surface area contributed by atoms with Gasteiger partial charge in [-0.15, -0.1) is 11.6 Å². The molecule has 108 valence electrons. The van der Waals surface area contributed by atoms with Crippen molar-refractivity contribution in [2.45, 2.75) is 13.3 Å². The molecule has 1 atom stereocenters. The van der Waals surface area contributed by atoms with E-state index in [0.717, 1.165) is 5.56 Å². The zero-order valence-corrected chi connectivity index (χ0v) is 13.6. The average Bonchev–Trinajstić information content (AvgIpc) is 2.31. The van der Waals surface area contributed by atoms with Gasteiger partial charge in [-0.2, -0.15) is 0 Å². The second-order valence-electron chi connectivity index (χ2n) is 4.42. The maximum absolute atomic E-state index is 11.7. The van der Waals surface area contributed by atoms with Gasteiger partial charge in [0.25, 0.3) is 0 Å². The van der Waals surface area contributed by atoms with Crippen LogP contribution < -0.4 is 4.72 Å². The Kier molecular flexibility index (Phi) is 6.91. The third-order valence-corrected chi connectivity index (χ3v) is 5.26. The second-order valence-corrected chi connectivity index (χ2v) is 7.42. The quantitative estimate of drug-likeness (QED) is 0.771. The maximum Gasteiger partial charge on any atom is 0.211 e. The van der Waals surface area contributed by atoms with Crippen LogP contribution in [0.15, 0.2) is 18.2 Å². The Morgan fingerprint density at radius 2 is 2.00 bits per heavy atom. The molecule has 0 aliphatic rings. The van der Waals surface area contributed by atoms with E-state index in [1.54, 1.807) is 25.1 Å².